The molecule has 0 spiro atoms. The largest absolute Gasteiger partial charge is 0.493 e. The molecule has 0 saturated carbocycles. The maximum absolute atomic E-state index is 12.3. The molecule has 1 amide bonds. The monoisotopic (exact) mass is 423 g/mol. The molecule has 8 heteroatoms. The van der Waals surface area contributed by atoms with Gasteiger partial charge >= 0.3 is 5.97 Å². The van der Waals surface area contributed by atoms with Crippen LogP contribution in [0.25, 0.3) is 11.4 Å². The number of hydrogen-bond acceptors (Lipinski definition) is 7. The van der Waals surface area contributed by atoms with Crippen molar-refractivity contribution < 1.29 is 23.6 Å². The van der Waals surface area contributed by atoms with Gasteiger partial charge in [-0.1, -0.05) is 55.4 Å². The van der Waals surface area contributed by atoms with Gasteiger partial charge in [0.05, 0.1) is 12.2 Å². The van der Waals surface area contributed by atoms with Crippen LogP contribution in [0.2, 0.25) is 0 Å². The molecule has 1 N–H and O–H groups in total. The number of rotatable bonds is 9. The Morgan fingerprint density at radius 1 is 1.10 bits per heavy atom. The Kier molecular flexibility index (Phi) is 7.37. The SMILES string of the molecule is CCOc1ccccc1C(=O)NCC(=O)OCc1nc(-c2ccc(C(C)C)cc2)no1. The van der Waals surface area contributed by atoms with Crippen molar-refractivity contribution in [2.24, 2.45) is 0 Å². The van der Waals surface area contributed by atoms with Gasteiger partial charge in [-0.25, -0.2) is 0 Å². The van der Waals surface area contributed by atoms with Crippen LogP contribution in [0.15, 0.2) is 53.1 Å². The zero-order valence-electron chi connectivity index (χ0n) is 17.8. The maximum atomic E-state index is 12.3. The summed E-state index contributed by atoms with van der Waals surface area (Å²) in [7, 11) is 0. The van der Waals surface area contributed by atoms with Crippen LogP contribution < -0.4 is 10.1 Å². The second kappa shape index (κ2) is 10.4. The number of amides is 1. The molecule has 162 valence electrons. The Bertz CT molecular complexity index is 1030. The minimum absolute atomic E-state index is 0.171. The standard InChI is InChI=1S/C23H25N3O5/c1-4-29-19-8-6-5-7-18(19)23(28)24-13-21(27)30-14-20-25-22(26-31-20)17-11-9-16(10-12-17)15(2)3/h5-12,15H,4,13-14H2,1-3H3,(H,24,28). The van der Waals surface area contributed by atoms with E-state index in [0.29, 0.717) is 29.7 Å². The van der Waals surface area contributed by atoms with Gasteiger partial charge in [0, 0.05) is 5.56 Å². The number of carbonyl (C=O) groups excluding carboxylic acids is 2. The topological polar surface area (TPSA) is 104 Å². The molecule has 0 unspecified atom stereocenters. The van der Waals surface area contributed by atoms with Gasteiger partial charge in [-0.15, -0.1) is 0 Å². The number of para-hydroxylation sites is 1. The van der Waals surface area contributed by atoms with Gasteiger partial charge < -0.3 is 19.3 Å². The summed E-state index contributed by atoms with van der Waals surface area (Å²) in [6.45, 7) is 6.03. The van der Waals surface area contributed by atoms with E-state index < -0.39 is 11.9 Å². The van der Waals surface area contributed by atoms with E-state index >= 15 is 0 Å². The third kappa shape index (κ3) is 5.91. The Morgan fingerprint density at radius 3 is 2.55 bits per heavy atom. The molecule has 1 aromatic heterocycles. The molecule has 0 atom stereocenters. The molecule has 0 bridgehead atoms. The second-order valence-electron chi connectivity index (χ2n) is 7.06. The first-order chi connectivity index (χ1) is 15.0. The van der Waals surface area contributed by atoms with E-state index in [2.05, 4.69) is 29.3 Å². The maximum Gasteiger partial charge on any atom is 0.325 e. The van der Waals surface area contributed by atoms with Crippen LogP contribution in [-0.2, 0) is 16.1 Å². The lowest BCUT2D eigenvalue weighted by Gasteiger charge is -2.10. The zero-order valence-corrected chi connectivity index (χ0v) is 17.8. The number of esters is 1. The summed E-state index contributed by atoms with van der Waals surface area (Å²) < 4.78 is 15.7. The summed E-state index contributed by atoms with van der Waals surface area (Å²) in [5.41, 5.74) is 2.38. The molecule has 0 aliphatic carbocycles. The van der Waals surface area contributed by atoms with Crippen LogP contribution in [0.5, 0.6) is 5.75 Å². The smallest absolute Gasteiger partial charge is 0.325 e. The molecule has 3 rings (SSSR count). The summed E-state index contributed by atoms with van der Waals surface area (Å²) in [6, 6.07) is 14.7. The molecule has 0 fully saturated rings. The van der Waals surface area contributed by atoms with Crippen molar-refractivity contribution in [1.29, 1.82) is 0 Å². The van der Waals surface area contributed by atoms with Crippen molar-refractivity contribution >= 4 is 11.9 Å². The third-order valence-corrected chi connectivity index (χ3v) is 4.49. The van der Waals surface area contributed by atoms with Crippen molar-refractivity contribution in [2.75, 3.05) is 13.2 Å². The Balaban J connectivity index is 1.50. The Labute approximate surface area is 180 Å². The van der Waals surface area contributed by atoms with E-state index in [4.69, 9.17) is 14.0 Å². The number of ether oxygens (including phenoxy) is 2. The third-order valence-electron chi connectivity index (χ3n) is 4.49. The lowest BCUT2D eigenvalue weighted by Crippen LogP contribution is -2.30. The van der Waals surface area contributed by atoms with E-state index in [0.717, 1.165) is 5.56 Å². The van der Waals surface area contributed by atoms with E-state index in [9.17, 15) is 9.59 Å². The predicted molar refractivity (Wildman–Crippen MR) is 114 cm³/mol. The van der Waals surface area contributed by atoms with Crippen LogP contribution in [0.3, 0.4) is 0 Å². The van der Waals surface area contributed by atoms with Crippen molar-refractivity contribution in [3.8, 4) is 17.1 Å². The van der Waals surface area contributed by atoms with Crippen LogP contribution in [0.1, 0.15) is 48.5 Å². The van der Waals surface area contributed by atoms with Crippen molar-refractivity contribution in [1.82, 2.24) is 15.5 Å². The molecule has 0 radical (unpaired) electrons. The lowest BCUT2D eigenvalue weighted by atomic mass is 10.0. The lowest BCUT2D eigenvalue weighted by molar-refractivity contribution is -0.144. The normalized spacial score (nSPS) is 10.7. The first-order valence-electron chi connectivity index (χ1n) is 10.1. The number of carbonyl (C=O) groups is 2. The highest BCUT2D eigenvalue weighted by Crippen LogP contribution is 2.21. The number of nitrogens with zero attached hydrogens (tertiary/aromatic N) is 2. The molecule has 0 aliphatic heterocycles. The fraction of sp³-hybridized carbons (Fsp3) is 0.304. The fourth-order valence-electron chi connectivity index (χ4n) is 2.82. The van der Waals surface area contributed by atoms with Gasteiger partial charge in [0.25, 0.3) is 11.8 Å². The quantitative estimate of drug-likeness (QED) is 0.523. The average Bonchev–Trinajstić information content (AvgIpc) is 3.26. The summed E-state index contributed by atoms with van der Waals surface area (Å²) in [4.78, 5) is 28.5. The predicted octanol–water partition coefficient (Wildman–Crippen LogP) is 3.73. The molecule has 2 aromatic carbocycles. The van der Waals surface area contributed by atoms with Gasteiger partial charge in [-0.3, -0.25) is 9.59 Å². The average molecular weight is 423 g/mol. The Hall–Kier alpha value is -3.68. The molecule has 0 saturated heterocycles. The number of nitrogens with one attached hydrogen (secondary N) is 1. The van der Waals surface area contributed by atoms with Crippen LogP contribution in [0.4, 0.5) is 0 Å². The van der Waals surface area contributed by atoms with Crippen molar-refractivity contribution in [3.05, 3.63) is 65.5 Å². The second-order valence-corrected chi connectivity index (χ2v) is 7.06. The number of hydrogen-bond donors (Lipinski definition) is 1. The summed E-state index contributed by atoms with van der Waals surface area (Å²) >= 11 is 0. The Morgan fingerprint density at radius 2 is 1.84 bits per heavy atom. The van der Waals surface area contributed by atoms with Crippen LogP contribution in [-0.4, -0.2) is 35.2 Å². The highest BCUT2D eigenvalue weighted by Gasteiger charge is 2.15. The summed E-state index contributed by atoms with van der Waals surface area (Å²) in [5, 5.41) is 6.44. The van der Waals surface area contributed by atoms with Crippen molar-refractivity contribution in [3.63, 3.8) is 0 Å². The summed E-state index contributed by atoms with van der Waals surface area (Å²) in [6.07, 6.45) is 0. The first kappa shape index (κ1) is 22.0. The molecular formula is C23H25N3O5. The molecular weight excluding hydrogens is 398 g/mol. The minimum atomic E-state index is -0.622. The molecule has 3 aromatic rings. The highest BCUT2D eigenvalue weighted by atomic mass is 16.6. The van der Waals surface area contributed by atoms with E-state index in [1.165, 1.54) is 5.56 Å². The fourth-order valence-corrected chi connectivity index (χ4v) is 2.82. The highest BCUT2D eigenvalue weighted by molar-refractivity contribution is 5.98. The van der Waals surface area contributed by atoms with E-state index in [1.54, 1.807) is 24.3 Å². The molecule has 0 aliphatic rings. The van der Waals surface area contributed by atoms with Crippen molar-refractivity contribution in [2.45, 2.75) is 33.3 Å². The van der Waals surface area contributed by atoms with Crippen LogP contribution in [0, 0.1) is 0 Å². The molecule has 8 nitrogen and oxygen atoms in total. The van der Waals surface area contributed by atoms with Gasteiger partial charge in [-0.05, 0) is 30.5 Å². The van der Waals surface area contributed by atoms with Gasteiger partial charge in [0.15, 0.2) is 6.61 Å². The molecule has 1 heterocycles. The first-order valence-corrected chi connectivity index (χ1v) is 10.1. The summed E-state index contributed by atoms with van der Waals surface area (Å²) in [5.74, 6) is 0.429. The van der Waals surface area contributed by atoms with Gasteiger partial charge in [0.1, 0.15) is 12.3 Å². The number of aromatic nitrogens is 2. The van der Waals surface area contributed by atoms with E-state index in [1.807, 2.05) is 31.2 Å². The minimum Gasteiger partial charge on any atom is -0.493 e. The van der Waals surface area contributed by atoms with Gasteiger partial charge in [-0.2, -0.15) is 4.98 Å². The van der Waals surface area contributed by atoms with Gasteiger partial charge in [0.2, 0.25) is 5.82 Å². The van der Waals surface area contributed by atoms with Crippen LogP contribution >= 0.6 is 0 Å². The molecule has 31 heavy (non-hydrogen) atoms. The number of benzene rings is 2. The zero-order chi connectivity index (χ0) is 22.2. The van der Waals surface area contributed by atoms with E-state index in [-0.39, 0.29) is 19.0 Å².